The van der Waals surface area contributed by atoms with E-state index in [2.05, 4.69) is 0 Å². The Balaban J connectivity index is 2.18. The molecule has 3 nitrogen and oxygen atoms in total. The highest BCUT2D eigenvalue weighted by Gasteiger charge is 2.43. The van der Waals surface area contributed by atoms with Gasteiger partial charge in [-0.15, -0.1) is 0 Å². The number of carbonyl (C=O) groups excluding carboxylic acids is 2. The highest BCUT2D eigenvalue weighted by molar-refractivity contribution is 5.73. The molecule has 1 saturated heterocycles. The van der Waals surface area contributed by atoms with Crippen molar-refractivity contribution in [1.29, 1.82) is 0 Å². The molecule has 3 atom stereocenters. The van der Waals surface area contributed by atoms with E-state index in [0.717, 1.165) is 19.1 Å². The van der Waals surface area contributed by atoms with Crippen LogP contribution < -0.4 is 0 Å². The first-order valence-electron chi connectivity index (χ1n) is 3.96. The van der Waals surface area contributed by atoms with E-state index in [0.29, 0.717) is 6.42 Å². The zero-order chi connectivity index (χ0) is 7.84. The summed E-state index contributed by atoms with van der Waals surface area (Å²) in [7, 11) is 0. The molecular formula is C8H10O3. The average Bonchev–Trinajstić information content (AvgIpc) is 2.23. The fourth-order valence-electron chi connectivity index (χ4n) is 2.07. The van der Waals surface area contributed by atoms with Crippen LogP contribution in [0.2, 0.25) is 0 Å². The predicted molar refractivity (Wildman–Crippen MR) is 36.8 cm³/mol. The van der Waals surface area contributed by atoms with Crippen LogP contribution in [-0.2, 0) is 14.3 Å². The Morgan fingerprint density at radius 1 is 1.45 bits per heavy atom. The smallest absolute Gasteiger partial charge is 0.306 e. The molecule has 3 heteroatoms. The number of ether oxygens (including phenoxy) is 1. The maximum atomic E-state index is 10.8. The van der Waals surface area contributed by atoms with Crippen LogP contribution in [0.5, 0.6) is 0 Å². The minimum atomic E-state index is -0.129. The molecule has 0 radical (unpaired) electrons. The fourth-order valence-corrected chi connectivity index (χ4v) is 2.07. The van der Waals surface area contributed by atoms with Gasteiger partial charge in [-0.1, -0.05) is 0 Å². The SMILES string of the molecule is O=C[C@H]1[C@@H]2CC[C@H]1OC(=O)C2. The fraction of sp³-hybridized carbons (Fsp3) is 0.750. The second kappa shape index (κ2) is 2.32. The van der Waals surface area contributed by atoms with Gasteiger partial charge in [0.1, 0.15) is 12.4 Å². The topological polar surface area (TPSA) is 43.4 Å². The van der Waals surface area contributed by atoms with Crippen molar-refractivity contribution in [3.8, 4) is 0 Å². The predicted octanol–water partition coefficient (Wildman–Crippen LogP) is 0.527. The number of hydrogen-bond donors (Lipinski definition) is 0. The number of fused-ring (bicyclic) bond motifs is 2. The molecule has 1 saturated carbocycles. The molecule has 1 aliphatic carbocycles. The number of hydrogen-bond acceptors (Lipinski definition) is 3. The molecule has 2 bridgehead atoms. The summed E-state index contributed by atoms with van der Waals surface area (Å²) in [4.78, 5) is 21.4. The second-order valence-corrected chi connectivity index (χ2v) is 3.28. The number of carbonyl (C=O) groups is 2. The summed E-state index contributed by atoms with van der Waals surface area (Å²) in [5.41, 5.74) is 0. The van der Waals surface area contributed by atoms with Crippen LogP contribution in [0.15, 0.2) is 0 Å². The molecule has 0 amide bonds. The Bertz CT molecular complexity index is 184. The molecule has 0 aromatic heterocycles. The van der Waals surface area contributed by atoms with E-state index in [-0.39, 0.29) is 23.9 Å². The number of rotatable bonds is 1. The molecule has 1 aliphatic heterocycles. The third kappa shape index (κ3) is 0.951. The van der Waals surface area contributed by atoms with Crippen LogP contribution in [-0.4, -0.2) is 18.4 Å². The van der Waals surface area contributed by atoms with Gasteiger partial charge in [0, 0.05) is 6.42 Å². The quantitative estimate of drug-likeness (QED) is 0.408. The first kappa shape index (κ1) is 6.83. The Kier molecular flexibility index (Phi) is 1.44. The minimum Gasteiger partial charge on any atom is -0.462 e. The Hall–Kier alpha value is -0.860. The summed E-state index contributed by atoms with van der Waals surface area (Å²) in [5, 5.41) is 0. The normalized spacial score (nSPS) is 41.8. The molecule has 11 heavy (non-hydrogen) atoms. The van der Waals surface area contributed by atoms with Crippen LogP contribution in [0.4, 0.5) is 0 Å². The van der Waals surface area contributed by atoms with E-state index in [1.165, 1.54) is 0 Å². The molecule has 2 rings (SSSR count). The second-order valence-electron chi connectivity index (χ2n) is 3.28. The van der Waals surface area contributed by atoms with Crippen molar-refractivity contribution in [1.82, 2.24) is 0 Å². The van der Waals surface area contributed by atoms with Gasteiger partial charge < -0.3 is 9.53 Å². The van der Waals surface area contributed by atoms with Crippen molar-refractivity contribution in [2.24, 2.45) is 11.8 Å². The largest absolute Gasteiger partial charge is 0.462 e. The minimum absolute atomic E-state index is 0.00676. The number of esters is 1. The van der Waals surface area contributed by atoms with Gasteiger partial charge in [0.15, 0.2) is 0 Å². The van der Waals surface area contributed by atoms with Crippen molar-refractivity contribution in [3.05, 3.63) is 0 Å². The summed E-state index contributed by atoms with van der Waals surface area (Å²) in [6.07, 6.45) is 3.13. The average molecular weight is 154 g/mol. The lowest BCUT2D eigenvalue weighted by atomic mass is 9.91. The van der Waals surface area contributed by atoms with Gasteiger partial charge in [0.05, 0.1) is 5.92 Å². The van der Waals surface area contributed by atoms with Crippen LogP contribution in [0.25, 0.3) is 0 Å². The van der Waals surface area contributed by atoms with Gasteiger partial charge in [-0.3, -0.25) is 4.79 Å². The summed E-state index contributed by atoms with van der Waals surface area (Å²) >= 11 is 0. The Morgan fingerprint density at radius 3 is 2.91 bits per heavy atom. The summed E-state index contributed by atoms with van der Waals surface area (Å²) in [6.45, 7) is 0. The monoisotopic (exact) mass is 154 g/mol. The van der Waals surface area contributed by atoms with Gasteiger partial charge in [-0.05, 0) is 18.8 Å². The van der Waals surface area contributed by atoms with Crippen molar-refractivity contribution in [3.63, 3.8) is 0 Å². The molecule has 1 heterocycles. The lowest BCUT2D eigenvalue weighted by Gasteiger charge is -2.24. The third-order valence-electron chi connectivity index (χ3n) is 2.66. The first-order valence-corrected chi connectivity index (χ1v) is 3.96. The van der Waals surface area contributed by atoms with Gasteiger partial charge >= 0.3 is 5.97 Å². The maximum Gasteiger partial charge on any atom is 0.306 e. The zero-order valence-corrected chi connectivity index (χ0v) is 6.16. The maximum absolute atomic E-state index is 10.8. The van der Waals surface area contributed by atoms with Crippen molar-refractivity contribution in [2.75, 3.05) is 0 Å². The Labute approximate surface area is 64.7 Å². The van der Waals surface area contributed by atoms with E-state index in [1.54, 1.807) is 0 Å². The molecular weight excluding hydrogens is 144 g/mol. The van der Waals surface area contributed by atoms with Gasteiger partial charge in [0.25, 0.3) is 0 Å². The molecule has 0 unspecified atom stereocenters. The van der Waals surface area contributed by atoms with E-state index in [1.807, 2.05) is 0 Å². The molecule has 60 valence electrons. The standard InChI is InChI=1S/C8H10O3/c9-4-6-5-1-2-7(6)11-8(10)3-5/h4-7H,1-3H2/t5-,6+,7-/m1/s1. The molecule has 0 aromatic carbocycles. The van der Waals surface area contributed by atoms with Crippen molar-refractivity contribution in [2.45, 2.75) is 25.4 Å². The highest BCUT2D eigenvalue weighted by Crippen LogP contribution is 2.39. The van der Waals surface area contributed by atoms with Gasteiger partial charge in [0.2, 0.25) is 0 Å². The highest BCUT2D eigenvalue weighted by atomic mass is 16.5. The summed E-state index contributed by atoms with van der Waals surface area (Å²) in [5.74, 6) is 0.141. The van der Waals surface area contributed by atoms with Crippen molar-refractivity contribution < 1.29 is 14.3 Å². The molecule has 2 aliphatic rings. The van der Waals surface area contributed by atoms with E-state index in [9.17, 15) is 9.59 Å². The lowest BCUT2D eigenvalue weighted by molar-refractivity contribution is -0.158. The summed E-state index contributed by atoms with van der Waals surface area (Å²) in [6, 6.07) is 0. The third-order valence-corrected chi connectivity index (χ3v) is 2.66. The zero-order valence-electron chi connectivity index (χ0n) is 6.16. The Morgan fingerprint density at radius 2 is 2.27 bits per heavy atom. The van der Waals surface area contributed by atoms with E-state index >= 15 is 0 Å². The lowest BCUT2D eigenvalue weighted by Crippen LogP contribution is -2.33. The van der Waals surface area contributed by atoms with Crippen LogP contribution in [0.1, 0.15) is 19.3 Å². The van der Waals surface area contributed by atoms with E-state index in [4.69, 9.17) is 4.74 Å². The molecule has 0 spiro atoms. The summed E-state index contributed by atoms with van der Waals surface area (Å²) < 4.78 is 5.01. The first-order chi connectivity index (χ1) is 5.31. The van der Waals surface area contributed by atoms with Crippen LogP contribution in [0.3, 0.4) is 0 Å². The van der Waals surface area contributed by atoms with Crippen LogP contribution >= 0.6 is 0 Å². The van der Waals surface area contributed by atoms with Gasteiger partial charge in [-0.25, -0.2) is 0 Å². The molecule has 0 N–H and O–H groups in total. The molecule has 0 aromatic rings. The number of aldehydes is 1. The van der Waals surface area contributed by atoms with E-state index < -0.39 is 0 Å². The molecule has 2 fully saturated rings. The van der Waals surface area contributed by atoms with Crippen molar-refractivity contribution >= 4 is 12.3 Å². The van der Waals surface area contributed by atoms with Gasteiger partial charge in [-0.2, -0.15) is 0 Å². The van der Waals surface area contributed by atoms with Crippen LogP contribution in [0, 0.1) is 11.8 Å².